The minimum Gasteiger partial charge on any atom is -0.304 e. The highest BCUT2D eigenvalue weighted by atomic mass is 16.2. The molecule has 0 bridgehead atoms. The molecule has 4 heteroatoms. The zero-order valence-corrected chi connectivity index (χ0v) is 11.4. The first kappa shape index (κ1) is 16.3. The Balaban J connectivity index is 3.55. The molecule has 0 radical (unpaired) electrons. The topological polar surface area (TPSA) is 40.6 Å². The van der Waals surface area contributed by atoms with E-state index in [0.29, 0.717) is 6.29 Å². The van der Waals surface area contributed by atoms with Gasteiger partial charge in [-0.2, -0.15) is 0 Å². The van der Waals surface area contributed by atoms with Gasteiger partial charge in [0.1, 0.15) is 0 Å². The SMILES string of the molecule is CCCN(CC)CCCCN(C)CC(=O)C=O. The summed E-state index contributed by atoms with van der Waals surface area (Å²) in [6.07, 6.45) is 3.81. The number of Topliss-reactive ketones (excluding diaryl/α,β-unsaturated/α-hetero) is 1. The highest BCUT2D eigenvalue weighted by Crippen LogP contribution is 1.98. The number of nitrogens with zero attached hydrogens (tertiary/aromatic N) is 2. The maximum atomic E-state index is 10.9. The Kier molecular flexibility index (Phi) is 9.96. The molecule has 0 unspecified atom stereocenters. The lowest BCUT2D eigenvalue weighted by atomic mass is 10.2. The van der Waals surface area contributed by atoms with Crippen LogP contribution in [0.4, 0.5) is 0 Å². The molecule has 0 spiro atoms. The molecule has 4 nitrogen and oxygen atoms in total. The number of likely N-dealkylation sites (N-methyl/N-ethyl adjacent to an activating group) is 1. The van der Waals surface area contributed by atoms with Crippen molar-refractivity contribution in [2.75, 3.05) is 39.8 Å². The maximum absolute atomic E-state index is 10.9. The van der Waals surface area contributed by atoms with Crippen LogP contribution in [0.2, 0.25) is 0 Å². The highest BCUT2D eigenvalue weighted by Gasteiger charge is 2.05. The van der Waals surface area contributed by atoms with Crippen molar-refractivity contribution in [3.63, 3.8) is 0 Å². The molecule has 0 aliphatic carbocycles. The molecule has 0 aromatic carbocycles. The lowest BCUT2D eigenvalue weighted by Gasteiger charge is -2.20. The molecule has 0 rings (SSSR count). The molecule has 0 aliphatic rings. The van der Waals surface area contributed by atoms with E-state index in [4.69, 9.17) is 0 Å². The van der Waals surface area contributed by atoms with Gasteiger partial charge < -0.3 is 4.90 Å². The molecule has 0 amide bonds. The number of rotatable bonds is 11. The van der Waals surface area contributed by atoms with Gasteiger partial charge in [0, 0.05) is 0 Å². The first-order valence-corrected chi connectivity index (χ1v) is 6.52. The first-order valence-electron chi connectivity index (χ1n) is 6.52. The van der Waals surface area contributed by atoms with E-state index in [1.54, 1.807) is 0 Å². The number of unbranched alkanes of at least 4 members (excludes halogenated alkanes) is 1. The van der Waals surface area contributed by atoms with Crippen LogP contribution in [0.25, 0.3) is 0 Å². The fourth-order valence-electron chi connectivity index (χ4n) is 1.84. The summed E-state index contributed by atoms with van der Waals surface area (Å²) in [4.78, 5) is 25.4. The van der Waals surface area contributed by atoms with Crippen molar-refractivity contribution < 1.29 is 9.59 Å². The van der Waals surface area contributed by atoms with E-state index in [-0.39, 0.29) is 12.3 Å². The van der Waals surface area contributed by atoms with Gasteiger partial charge in [0.15, 0.2) is 6.29 Å². The standard InChI is InChI=1S/C13H26N2O2/c1-4-8-15(5-2)10-7-6-9-14(3)11-13(17)12-16/h12H,4-11H2,1-3H3. The summed E-state index contributed by atoms with van der Waals surface area (Å²) in [6.45, 7) is 8.90. The number of aldehydes is 1. The molecule has 17 heavy (non-hydrogen) atoms. The van der Waals surface area contributed by atoms with E-state index in [0.717, 1.165) is 39.0 Å². The lowest BCUT2D eigenvalue weighted by molar-refractivity contribution is -0.130. The summed E-state index contributed by atoms with van der Waals surface area (Å²) < 4.78 is 0. The predicted octanol–water partition coefficient (Wildman–Crippen LogP) is 1.20. The van der Waals surface area contributed by atoms with Crippen molar-refractivity contribution in [1.82, 2.24) is 9.80 Å². The Morgan fingerprint density at radius 1 is 1.12 bits per heavy atom. The van der Waals surface area contributed by atoms with Gasteiger partial charge in [-0.15, -0.1) is 0 Å². The predicted molar refractivity (Wildman–Crippen MR) is 70.2 cm³/mol. The molecule has 0 fully saturated rings. The molecule has 0 saturated carbocycles. The fraction of sp³-hybridized carbons (Fsp3) is 0.846. The summed E-state index contributed by atoms with van der Waals surface area (Å²) in [5, 5.41) is 0. The van der Waals surface area contributed by atoms with E-state index in [1.165, 1.54) is 6.42 Å². The van der Waals surface area contributed by atoms with E-state index < -0.39 is 0 Å². The van der Waals surface area contributed by atoms with Crippen molar-refractivity contribution in [2.45, 2.75) is 33.1 Å². The summed E-state index contributed by atoms with van der Waals surface area (Å²) in [5.41, 5.74) is 0. The minimum absolute atomic E-state index is 0.246. The molecule has 0 saturated heterocycles. The average molecular weight is 242 g/mol. The van der Waals surface area contributed by atoms with Crippen LogP contribution in [0.1, 0.15) is 33.1 Å². The van der Waals surface area contributed by atoms with Crippen LogP contribution in [-0.4, -0.2) is 61.6 Å². The molecule has 0 N–H and O–H groups in total. The van der Waals surface area contributed by atoms with Gasteiger partial charge in [-0.05, 0) is 52.5 Å². The van der Waals surface area contributed by atoms with Gasteiger partial charge in [-0.25, -0.2) is 0 Å². The Morgan fingerprint density at radius 2 is 1.76 bits per heavy atom. The van der Waals surface area contributed by atoms with Crippen LogP contribution in [0.5, 0.6) is 0 Å². The number of ketones is 1. The van der Waals surface area contributed by atoms with Crippen LogP contribution in [0.15, 0.2) is 0 Å². The summed E-state index contributed by atoms with van der Waals surface area (Å²) in [6, 6.07) is 0. The Labute approximate surface area is 105 Å². The molecule has 0 heterocycles. The van der Waals surface area contributed by atoms with Crippen molar-refractivity contribution in [3.05, 3.63) is 0 Å². The van der Waals surface area contributed by atoms with Crippen molar-refractivity contribution >= 4 is 12.1 Å². The quantitative estimate of drug-likeness (QED) is 0.310. The average Bonchev–Trinajstić information content (AvgIpc) is 2.32. The summed E-state index contributed by atoms with van der Waals surface area (Å²) in [5.74, 6) is -0.339. The van der Waals surface area contributed by atoms with Crippen molar-refractivity contribution in [3.8, 4) is 0 Å². The zero-order valence-electron chi connectivity index (χ0n) is 11.4. The van der Waals surface area contributed by atoms with E-state index in [9.17, 15) is 9.59 Å². The third-order valence-electron chi connectivity index (χ3n) is 2.81. The molecule has 100 valence electrons. The highest BCUT2D eigenvalue weighted by molar-refractivity contribution is 6.25. The van der Waals surface area contributed by atoms with Crippen LogP contribution >= 0.6 is 0 Å². The third kappa shape index (κ3) is 9.01. The molecular formula is C13H26N2O2. The second-order valence-corrected chi connectivity index (χ2v) is 4.46. The molecular weight excluding hydrogens is 216 g/mol. The number of carbonyl (C=O) groups is 2. The van der Waals surface area contributed by atoms with E-state index >= 15 is 0 Å². The van der Waals surface area contributed by atoms with E-state index in [1.807, 2.05) is 11.9 Å². The Morgan fingerprint density at radius 3 is 2.29 bits per heavy atom. The summed E-state index contributed by atoms with van der Waals surface area (Å²) >= 11 is 0. The van der Waals surface area contributed by atoms with Gasteiger partial charge in [0.05, 0.1) is 6.54 Å². The molecule has 0 aromatic heterocycles. The monoisotopic (exact) mass is 242 g/mol. The van der Waals surface area contributed by atoms with Crippen LogP contribution in [-0.2, 0) is 9.59 Å². The Hall–Kier alpha value is -0.740. The second-order valence-electron chi connectivity index (χ2n) is 4.46. The molecule has 0 atom stereocenters. The summed E-state index contributed by atoms with van der Waals surface area (Å²) in [7, 11) is 1.88. The zero-order chi connectivity index (χ0) is 13.1. The lowest BCUT2D eigenvalue weighted by Crippen LogP contribution is -2.29. The smallest absolute Gasteiger partial charge is 0.209 e. The van der Waals surface area contributed by atoms with Gasteiger partial charge >= 0.3 is 0 Å². The van der Waals surface area contributed by atoms with Crippen LogP contribution in [0, 0.1) is 0 Å². The van der Waals surface area contributed by atoms with Crippen molar-refractivity contribution in [2.24, 2.45) is 0 Å². The first-order chi connectivity index (χ1) is 8.13. The van der Waals surface area contributed by atoms with E-state index in [2.05, 4.69) is 18.7 Å². The van der Waals surface area contributed by atoms with Gasteiger partial charge in [0.25, 0.3) is 0 Å². The van der Waals surface area contributed by atoms with Gasteiger partial charge in [0.2, 0.25) is 5.78 Å². The fourth-order valence-corrected chi connectivity index (χ4v) is 1.84. The van der Waals surface area contributed by atoms with Crippen LogP contribution < -0.4 is 0 Å². The van der Waals surface area contributed by atoms with Gasteiger partial charge in [-0.1, -0.05) is 13.8 Å². The maximum Gasteiger partial charge on any atom is 0.209 e. The third-order valence-corrected chi connectivity index (χ3v) is 2.81. The Bertz CT molecular complexity index is 219. The van der Waals surface area contributed by atoms with Crippen LogP contribution in [0.3, 0.4) is 0 Å². The van der Waals surface area contributed by atoms with Gasteiger partial charge in [-0.3, -0.25) is 14.5 Å². The normalized spacial score (nSPS) is 11.1. The number of carbonyl (C=O) groups excluding carboxylic acids is 2. The minimum atomic E-state index is -0.339. The number of hydrogen-bond acceptors (Lipinski definition) is 4. The molecule has 0 aromatic rings. The van der Waals surface area contributed by atoms with Crippen molar-refractivity contribution in [1.29, 1.82) is 0 Å². The number of hydrogen-bond donors (Lipinski definition) is 0. The largest absolute Gasteiger partial charge is 0.304 e. The molecule has 0 aliphatic heterocycles. The second kappa shape index (κ2) is 10.4.